The molecule has 0 atom stereocenters. The molecule has 1 heterocycles. The second kappa shape index (κ2) is 6.61. The zero-order valence-electron chi connectivity index (χ0n) is 11.4. The molecule has 23 heavy (non-hydrogen) atoms. The van der Waals surface area contributed by atoms with Crippen molar-refractivity contribution in [1.82, 2.24) is 0 Å². The highest BCUT2D eigenvalue weighted by Gasteiger charge is 2.33. The summed E-state index contributed by atoms with van der Waals surface area (Å²) >= 11 is 18.3. The number of thioether (sulfide) groups is 1. The molecule has 0 saturated carbocycles. The highest BCUT2D eigenvalue weighted by molar-refractivity contribution is 8.27. The third-order valence-corrected chi connectivity index (χ3v) is 5.14. The Balaban J connectivity index is 1.95. The van der Waals surface area contributed by atoms with Crippen molar-refractivity contribution in [2.75, 3.05) is 4.90 Å². The normalized spacial score (nSPS) is 16.5. The molecule has 2 aromatic carbocycles. The van der Waals surface area contributed by atoms with E-state index in [9.17, 15) is 9.18 Å². The zero-order chi connectivity index (χ0) is 16.6. The third kappa shape index (κ3) is 3.43. The van der Waals surface area contributed by atoms with Crippen LogP contribution in [0.4, 0.5) is 10.1 Å². The van der Waals surface area contributed by atoms with Crippen LogP contribution in [0.1, 0.15) is 5.56 Å². The van der Waals surface area contributed by atoms with Crippen LogP contribution in [0, 0.1) is 5.82 Å². The van der Waals surface area contributed by atoms with E-state index in [0.717, 1.165) is 11.8 Å². The van der Waals surface area contributed by atoms with Gasteiger partial charge in [0.05, 0.1) is 20.6 Å². The number of amides is 1. The largest absolute Gasteiger partial charge is 0.270 e. The molecule has 116 valence electrons. The summed E-state index contributed by atoms with van der Waals surface area (Å²) in [5, 5.41) is 0.739. The van der Waals surface area contributed by atoms with E-state index in [4.69, 9.17) is 35.4 Å². The number of thiocarbonyl (C=S) groups is 1. The molecular weight excluding hydrogens is 376 g/mol. The van der Waals surface area contributed by atoms with Gasteiger partial charge in [0.25, 0.3) is 5.91 Å². The molecule has 0 unspecified atom stereocenters. The molecule has 1 fully saturated rings. The van der Waals surface area contributed by atoms with Crippen LogP contribution in [0.25, 0.3) is 6.08 Å². The standard InChI is InChI=1S/C16H8Cl2FNOS2/c17-12-5-4-11(8-13(12)18)20-15(21)14(23-16(20)22)7-9-2-1-3-10(19)6-9/h1-8H/b14-7-. The molecule has 0 radical (unpaired) electrons. The molecule has 0 spiro atoms. The van der Waals surface area contributed by atoms with Gasteiger partial charge in [-0.1, -0.05) is 59.3 Å². The Morgan fingerprint density at radius 2 is 1.91 bits per heavy atom. The fraction of sp³-hybridized carbons (Fsp3) is 0. The molecule has 2 nitrogen and oxygen atoms in total. The van der Waals surface area contributed by atoms with Crippen LogP contribution < -0.4 is 4.90 Å². The monoisotopic (exact) mass is 383 g/mol. The number of nitrogens with zero attached hydrogens (tertiary/aromatic N) is 1. The zero-order valence-corrected chi connectivity index (χ0v) is 14.6. The summed E-state index contributed by atoms with van der Waals surface area (Å²) in [6, 6.07) is 10.9. The molecule has 1 saturated heterocycles. The van der Waals surface area contributed by atoms with Crippen LogP contribution in [-0.2, 0) is 4.79 Å². The Kier molecular flexibility index (Phi) is 4.73. The first-order valence-corrected chi connectivity index (χ1v) is 8.42. The van der Waals surface area contributed by atoms with Crippen LogP contribution >= 0.6 is 47.2 Å². The van der Waals surface area contributed by atoms with Crippen molar-refractivity contribution in [3.63, 3.8) is 0 Å². The van der Waals surface area contributed by atoms with E-state index in [1.54, 1.807) is 36.4 Å². The van der Waals surface area contributed by atoms with Gasteiger partial charge in [0.15, 0.2) is 4.32 Å². The second-order valence-electron chi connectivity index (χ2n) is 4.67. The van der Waals surface area contributed by atoms with E-state index in [0.29, 0.717) is 30.5 Å². The van der Waals surface area contributed by atoms with Crippen molar-refractivity contribution in [2.45, 2.75) is 0 Å². The number of anilines is 1. The number of hydrogen-bond donors (Lipinski definition) is 0. The lowest BCUT2D eigenvalue weighted by atomic mass is 10.2. The molecule has 1 aliphatic rings. The van der Waals surface area contributed by atoms with E-state index in [-0.39, 0.29) is 11.7 Å². The predicted molar refractivity (Wildman–Crippen MR) is 98.5 cm³/mol. The Morgan fingerprint density at radius 3 is 2.61 bits per heavy atom. The summed E-state index contributed by atoms with van der Waals surface area (Å²) in [6.07, 6.45) is 1.61. The maximum atomic E-state index is 13.3. The van der Waals surface area contributed by atoms with Gasteiger partial charge < -0.3 is 0 Å². The van der Waals surface area contributed by atoms with Gasteiger partial charge in [0.2, 0.25) is 0 Å². The topological polar surface area (TPSA) is 20.3 Å². The van der Waals surface area contributed by atoms with Crippen LogP contribution in [-0.4, -0.2) is 10.2 Å². The maximum absolute atomic E-state index is 13.3. The average molecular weight is 384 g/mol. The lowest BCUT2D eigenvalue weighted by molar-refractivity contribution is -0.113. The highest BCUT2D eigenvalue weighted by Crippen LogP contribution is 2.37. The van der Waals surface area contributed by atoms with Crippen molar-refractivity contribution in [3.05, 3.63) is 68.8 Å². The molecule has 3 rings (SSSR count). The quantitative estimate of drug-likeness (QED) is 0.501. The lowest BCUT2D eigenvalue weighted by Crippen LogP contribution is -2.27. The Morgan fingerprint density at radius 1 is 1.13 bits per heavy atom. The van der Waals surface area contributed by atoms with Crippen molar-refractivity contribution >= 4 is 69.2 Å². The van der Waals surface area contributed by atoms with Gasteiger partial charge in [0.1, 0.15) is 5.82 Å². The number of benzene rings is 2. The van der Waals surface area contributed by atoms with Crippen LogP contribution in [0.5, 0.6) is 0 Å². The van der Waals surface area contributed by atoms with E-state index < -0.39 is 0 Å². The summed E-state index contributed by atoms with van der Waals surface area (Å²) in [5.41, 5.74) is 1.14. The van der Waals surface area contributed by atoms with E-state index in [1.165, 1.54) is 17.0 Å². The number of halogens is 3. The molecule has 0 aliphatic carbocycles. The molecular formula is C16H8Cl2FNOS2. The van der Waals surface area contributed by atoms with Gasteiger partial charge in [-0.15, -0.1) is 0 Å². The van der Waals surface area contributed by atoms with Crippen LogP contribution in [0.2, 0.25) is 10.0 Å². The van der Waals surface area contributed by atoms with Gasteiger partial charge in [-0.2, -0.15) is 0 Å². The fourth-order valence-corrected chi connectivity index (χ4v) is 3.65. The Hall–Kier alpha value is -1.40. The van der Waals surface area contributed by atoms with Gasteiger partial charge >= 0.3 is 0 Å². The van der Waals surface area contributed by atoms with Gasteiger partial charge in [-0.05, 0) is 42.0 Å². The number of carbonyl (C=O) groups is 1. The van der Waals surface area contributed by atoms with Crippen LogP contribution in [0.3, 0.4) is 0 Å². The molecule has 0 aromatic heterocycles. The first kappa shape index (κ1) is 16.5. The lowest BCUT2D eigenvalue weighted by Gasteiger charge is -2.15. The smallest absolute Gasteiger partial charge is 0.268 e. The van der Waals surface area contributed by atoms with Crippen molar-refractivity contribution in [1.29, 1.82) is 0 Å². The molecule has 2 aromatic rings. The van der Waals surface area contributed by atoms with Gasteiger partial charge in [0, 0.05) is 0 Å². The maximum Gasteiger partial charge on any atom is 0.270 e. The van der Waals surface area contributed by atoms with E-state index in [1.807, 2.05) is 0 Å². The van der Waals surface area contributed by atoms with Crippen molar-refractivity contribution in [3.8, 4) is 0 Å². The summed E-state index contributed by atoms with van der Waals surface area (Å²) in [4.78, 5) is 14.4. The molecule has 7 heteroatoms. The first-order valence-electron chi connectivity index (χ1n) is 6.44. The van der Waals surface area contributed by atoms with Gasteiger partial charge in [-0.3, -0.25) is 9.69 Å². The Labute approximate surface area is 151 Å². The van der Waals surface area contributed by atoms with Crippen molar-refractivity contribution in [2.24, 2.45) is 0 Å². The predicted octanol–water partition coefficient (Wildman–Crippen LogP) is 5.54. The minimum absolute atomic E-state index is 0.275. The Bertz CT molecular complexity index is 854. The van der Waals surface area contributed by atoms with E-state index >= 15 is 0 Å². The summed E-state index contributed by atoms with van der Waals surface area (Å²) in [7, 11) is 0. The number of carbonyl (C=O) groups excluding carboxylic acids is 1. The highest BCUT2D eigenvalue weighted by atomic mass is 35.5. The molecule has 0 N–H and O–H groups in total. The first-order chi connectivity index (χ1) is 11.0. The van der Waals surface area contributed by atoms with Gasteiger partial charge in [-0.25, -0.2) is 4.39 Å². The number of hydrogen-bond acceptors (Lipinski definition) is 3. The minimum Gasteiger partial charge on any atom is -0.268 e. The summed E-state index contributed by atoms with van der Waals surface area (Å²) in [5.74, 6) is -0.638. The van der Waals surface area contributed by atoms with Crippen molar-refractivity contribution < 1.29 is 9.18 Å². The molecule has 1 aliphatic heterocycles. The SMILES string of the molecule is O=C1/C(=C/c2cccc(F)c2)SC(=S)N1c1ccc(Cl)c(Cl)c1. The average Bonchev–Trinajstić information content (AvgIpc) is 2.77. The molecule has 0 bridgehead atoms. The van der Waals surface area contributed by atoms with E-state index in [2.05, 4.69) is 0 Å². The number of rotatable bonds is 2. The summed E-state index contributed by atoms with van der Waals surface area (Å²) in [6.45, 7) is 0. The fourth-order valence-electron chi connectivity index (χ4n) is 2.06. The third-order valence-electron chi connectivity index (χ3n) is 3.10. The summed E-state index contributed by atoms with van der Waals surface area (Å²) < 4.78 is 13.6. The second-order valence-corrected chi connectivity index (χ2v) is 7.16. The minimum atomic E-state index is -0.362. The van der Waals surface area contributed by atoms with Crippen LogP contribution in [0.15, 0.2) is 47.4 Å². The molecule has 1 amide bonds.